The molecule has 1 saturated heterocycles. The fourth-order valence-electron chi connectivity index (χ4n) is 0.188. The first kappa shape index (κ1) is 3.53. The summed E-state index contributed by atoms with van der Waals surface area (Å²) in [5, 5.41) is 0. The molecule has 0 amide bonds. The summed E-state index contributed by atoms with van der Waals surface area (Å²) in [6, 6.07) is 0. The van der Waals surface area contributed by atoms with Crippen LogP contribution in [0, 0.1) is 0 Å². The maximum absolute atomic E-state index is 4.35. The van der Waals surface area contributed by atoms with Crippen molar-refractivity contribution in [2.24, 2.45) is 0 Å². The maximum atomic E-state index is 4.35. The van der Waals surface area contributed by atoms with Crippen molar-refractivity contribution < 1.29 is 9.78 Å². The molecular weight excluding hydrogens is 80.0 g/mol. The van der Waals surface area contributed by atoms with Gasteiger partial charge in [0.1, 0.15) is 0 Å². The van der Waals surface area contributed by atoms with Crippen molar-refractivity contribution >= 4 is 0 Å². The van der Waals surface area contributed by atoms with E-state index in [-0.39, 0.29) is 0 Å². The molecule has 0 N–H and O–H groups in total. The van der Waals surface area contributed by atoms with Crippen LogP contribution in [0.2, 0.25) is 0 Å². The number of allylic oxidation sites excluding steroid dienone is 1. The molecule has 0 atom stereocenters. The second kappa shape index (κ2) is 0.899. The van der Waals surface area contributed by atoms with Gasteiger partial charge in [0, 0.05) is 5.57 Å². The lowest BCUT2D eigenvalue weighted by molar-refractivity contribution is 0.0850. The van der Waals surface area contributed by atoms with Gasteiger partial charge in [-0.2, -0.15) is 0 Å². The van der Waals surface area contributed by atoms with Gasteiger partial charge in [-0.15, -0.1) is 0 Å². The van der Waals surface area contributed by atoms with Crippen LogP contribution >= 0.6 is 0 Å². The van der Waals surface area contributed by atoms with Crippen LogP contribution in [0.4, 0.5) is 0 Å². The summed E-state index contributed by atoms with van der Waals surface area (Å²) in [7, 11) is 0. The molecule has 2 nitrogen and oxygen atoms in total. The first-order valence-corrected chi connectivity index (χ1v) is 1.82. The Hall–Kier alpha value is -0.660. The van der Waals surface area contributed by atoms with Crippen LogP contribution in [0.25, 0.3) is 0 Å². The van der Waals surface area contributed by atoms with Gasteiger partial charge in [-0.1, -0.05) is 0 Å². The van der Waals surface area contributed by atoms with E-state index in [2.05, 4.69) is 9.78 Å². The smallest absolute Gasteiger partial charge is 0.242 e. The molecule has 1 heterocycles. The highest BCUT2D eigenvalue weighted by Crippen LogP contribution is 2.20. The van der Waals surface area contributed by atoms with Gasteiger partial charge in [0.05, 0.1) is 0 Å². The topological polar surface area (TPSA) is 25.1 Å². The molecular formula is C4H6O2. The number of rotatable bonds is 0. The minimum atomic E-state index is 0.676. The van der Waals surface area contributed by atoms with Crippen LogP contribution < -0.4 is 0 Å². The van der Waals surface area contributed by atoms with Crippen molar-refractivity contribution in [1.82, 2.24) is 0 Å². The van der Waals surface area contributed by atoms with Crippen molar-refractivity contribution in [2.45, 2.75) is 13.8 Å². The van der Waals surface area contributed by atoms with E-state index in [0.29, 0.717) is 5.95 Å². The van der Waals surface area contributed by atoms with E-state index < -0.39 is 0 Å². The van der Waals surface area contributed by atoms with E-state index in [1.54, 1.807) is 0 Å². The zero-order valence-electron chi connectivity index (χ0n) is 3.82. The second-order valence-corrected chi connectivity index (χ2v) is 1.45. The highest BCUT2D eigenvalue weighted by atomic mass is 17.4. The fourth-order valence-corrected chi connectivity index (χ4v) is 0.188. The fraction of sp³-hybridized carbons (Fsp3) is 0.500. The Kier molecular flexibility index (Phi) is 0.528. The molecule has 34 valence electrons. The Bertz CT molecular complexity index is 83.7. The maximum Gasteiger partial charge on any atom is 0.377 e. The summed E-state index contributed by atoms with van der Waals surface area (Å²) in [5.74, 6) is 0.676. The van der Waals surface area contributed by atoms with Crippen LogP contribution in [0.5, 0.6) is 0 Å². The summed E-state index contributed by atoms with van der Waals surface area (Å²) in [4.78, 5) is 8.70. The molecule has 0 aromatic carbocycles. The third kappa shape index (κ3) is 0.455. The molecule has 1 aliphatic heterocycles. The van der Waals surface area contributed by atoms with E-state index >= 15 is 0 Å². The van der Waals surface area contributed by atoms with Gasteiger partial charge in [0.2, 0.25) is 0 Å². The summed E-state index contributed by atoms with van der Waals surface area (Å²) < 4.78 is 0. The summed E-state index contributed by atoms with van der Waals surface area (Å²) >= 11 is 0. The molecule has 0 bridgehead atoms. The Balaban J connectivity index is 2.61. The number of hydrogen-bond donors (Lipinski definition) is 0. The van der Waals surface area contributed by atoms with Crippen LogP contribution in [-0.4, -0.2) is 0 Å². The molecule has 0 unspecified atom stereocenters. The van der Waals surface area contributed by atoms with E-state index in [0.717, 1.165) is 5.57 Å². The largest absolute Gasteiger partial charge is 0.377 e. The van der Waals surface area contributed by atoms with Crippen molar-refractivity contribution in [3.8, 4) is 0 Å². The van der Waals surface area contributed by atoms with E-state index in [1.165, 1.54) is 0 Å². The van der Waals surface area contributed by atoms with Gasteiger partial charge in [-0.05, 0) is 13.8 Å². The minimum Gasteiger partial charge on any atom is -0.242 e. The SMILES string of the molecule is CC(C)=C1OO1. The van der Waals surface area contributed by atoms with E-state index in [9.17, 15) is 0 Å². The van der Waals surface area contributed by atoms with Crippen molar-refractivity contribution in [3.63, 3.8) is 0 Å². The van der Waals surface area contributed by atoms with Gasteiger partial charge < -0.3 is 0 Å². The monoisotopic (exact) mass is 86.0 g/mol. The Labute approximate surface area is 36.3 Å². The molecule has 0 aromatic heterocycles. The van der Waals surface area contributed by atoms with Crippen LogP contribution in [0.3, 0.4) is 0 Å². The lowest BCUT2D eigenvalue weighted by atomic mass is 10.4. The average Bonchev–Trinajstić information content (AvgIpc) is 2.06. The first-order valence-electron chi connectivity index (χ1n) is 1.82. The predicted octanol–water partition coefficient (Wildman–Crippen LogP) is 1.20. The van der Waals surface area contributed by atoms with Gasteiger partial charge in [0.25, 0.3) is 0 Å². The average molecular weight is 86.1 g/mol. The zero-order valence-corrected chi connectivity index (χ0v) is 3.82. The van der Waals surface area contributed by atoms with Gasteiger partial charge in [0.15, 0.2) is 0 Å². The van der Waals surface area contributed by atoms with Crippen molar-refractivity contribution in [1.29, 1.82) is 0 Å². The summed E-state index contributed by atoms with van der Waals surface area (Å²) in [6.07, 6.45) is 0. The Morgan fingerprint density at radius 1 is 1.33 bits per heavy atom. The highest BCUT2D eigenvalue weighted by molar-refractivity contribution is 4.98. The van der Waals surface area contributed by atoms with Crippen molar-refractivity contribution in [3.05, 3.63) is 11.5 Å². The Morgan fingerprint density at radius 3 is 1.83 bits per heavy atom. The molecule has 1 aliphatic rings. The summed E-state index contributed by atoms with van der Waals surface area (Å²) in [5.41, 5.74) is 1.09. The van der Waals surface area contributed by atoms with Crippen molar-refractivity contribution in [2.75, 3.05) is 0 Å². The molecule has 0 spiro atoms. The van der Waals surface area contributed by atoms with Crippen LogP contribution in [-0.2, 0) is 9.78 Å². The van der Waals surface area contributed by atoms with Crippen LogP contribution in [0.15, 0.2) is 11.5 Å². The van der Waals surface area contributed by atoms with Gasteiger partial charge in [-0.25, -0.2) is 9.78 Å². The van der Waals surface area contributed by atoms with E-state index in [1.807, 2.05) is 13.8 Å². The molecule has 1 rings (SSSR count). The molecule has 0 aliphatic carbocycles. The molecule has 2 heteroatoms. The zero-order chi connectivity index (χ0) is 4.57. The standard InChI is InChI=1S/C4H6O2/c1-3(2)4-5-6-4/h1-2H3. The lowest BCUT2D eigenvalue weighted by Gasteiger charge is -1.65. The van der Waals surface area contributed by atoms with Gasteiger partial charge in [-0.3, -0.25) is 0 Å². The van der Waals surface area contributed by atoms with Gasteiger partial charge >= 0.3 is 5.95 Å². The quantitative estimate of drug-likeness (QED) is 0.327. The minimum absolute atomic E-state index is 0.676. The molecule has 6 heavy (non-hydrogen) atoms. The third-order valence-corrected chi connectivity index (χ3v) is 0.575. The molecule has 0 saturated carbocycles. The van der Waals surface area contributed by atoms with Crippen LogP contribution in [0.1, 0.15) is 13.8 Å². The molecule has 0 aromatic rings. The highest BCUT2D eigenvalue weighted by Gasteiger charge is 2.18. The molecule has 1 fully saturated rings. The number of hydrogen-bond acceptors (Lipinski definition) is 2. The second-order valence-electron chi connectivity index (χ2n) is 1.45. The Morgan fingerprint density at radius 2 is 1.83 bits per heavy atom. The summed E-state index contributed by atoms with van der Waals surface area (Å²) in [6.45, 7) is 3.87. The lowest BCUT2D eigenvalue weighted by Crippen LogP contribution is -1.56. The van der Waals surface area contributed by atoms with E-state index in [4.69, 9.17) is 0 Å². The normalized spacial score (nSPS) is 15.3. The first-order chi connectivity index (χ1) is 2.80. The third-order valence-electron chi connectivity index (χ3n) is 0.575. The predicted molar refractivity (Wildman–Crippen MR) is 20.5 cm³/mol. The molecule has 0 radical (unpaired) electrons.